The minimum atomic E-state index is -1.59. The van der Waals surface area contributed by atoms with Gasteiger partial charge in [0, 0.05) is 5.41 Å². The largest absolute Gasteiger partial charge is 0.400 e. The summed E-state index contributed by atoms with van der Waals surface area (Å²) in [6, 6.07) is 9.20. The quantitative estimate of drug-likeness (QED) is 0.619. The van der Waals surface area contributed by atoms with E-state index in [-0.39, 0.29) is 5.41 Å². The van der Waals surface area contributed by atoms with Gasteiger partial charge in [-0.25, -0.2) is 4.21 Å². The molecule has 4 heteroatoms. The lowest BCUT2D eigenvalue weighted by molar-refractivity contribution is 0.313. The van der Waals surface area contributed by atoms with Crippen LogP contribution in [0, 0.1) is 23.7 Å². The molecule has 0 amide bonds. The summed E-state index contributed by atoms with van der Waals surface area (Å²) in [7, 11) is 0. The number of rotatable bonds is 3. The van der Waals surface area contributed by atoms with Crippen molar-refractivity contribution in [2.75, 3.05) is 0 Å². The molecule has 96 valence electrons. The summed E-state index contributed by atoms with van der Waals surface area (Å²) in [5.41, 5.74) is 0.746. The van der Waals surface area contributed by atoms with Gasteiger partial charge < -0.3 is 4.18 Å². The summed E-state index contributed by atoms with van der Waals surface area (Å²) in [4.78, 5) is 0.591. The van der Waals surface area contributed by atoms with Crippen LogP contribution >= 0.6 is 0 Å². The summed E-state index contributed by atoms with van der Waals surface area (Å²) in [5.74, 6) is 0.420. The van der Waals surface area contributed by atoms with Gasteiger partial charge >= 0.3 is 0 Å². The molecule has 1 aromatic rings. The van der Waals surface area contributed by atoms with Crippen LogP contribution in [0.1, 0.15) is 26.3 Å². The fourth-order valence-corrected chi connectivity index (χ4v) is 2.12. The van der Waals surface area contributed by atoms with E-state index in [4.69, 9.17) is 9.44 Å². The summed E-state index contributed by atoms with van der Waals surface area (Å²) >= 11 is -1.59. The molecule has 1 unspecified atom stereocenters. The zero-order chi connectivity index (χ0) is 13.8. The molecule has 0 heterocycles. The molecule has 0 aliphatic heterocycles. The molecule has 1 aromatic carbocycles. The third kappa shape index (κ3) is 4.01. The second-order valence-corrected chi connectivity index (χ2v) is 6.13. The van der Waals surface area contributed by atoms with Crippen molar-refractivity contribution in [3.8, 4) is 6.07 Å². The summed E-state index contributed by atoms with van der Waals surface area (Å²) in [6.07, 6.45) is 1.30. The van der Waals surface area contributed by atoms with Crippen LogP contribution in [0.4, 0.5) is 0 Å². The Bertz CT molecular complexity index is 504. The van der Waals surface area contributed by atoms with Gasteiger partial charge in [-0.15, -0.1) is 0 Å². The zero-order valence-corrected chi connectivity index (χ0v) is 11.9. The first-order valence-corrected chi connectivity index (χ1v) is 6.69. The van der Waals surface area contributed by atoms with Gasteiger partial charge in [0.05, 0.1) is 17.0 Å². The number of nitrogens with zero attached hydrogens (tertiary/aromatic N) is 1. The van der Waals surface area contributed by atoms with Crippen molar-refractivity contribution in [3.63, 3.8) is 0 Å². The first kappa shape index (κ1) is 14.5. The van der Waals surface area contributed by atoms with Crippen molar-refractivity contribution in [1.82, 2.24) is 0 Å². The molecule has 3 nitrogen and oxygen atoms in total. The minimum Gasteiger partial charge on any atom is -0.400 e. The molecule has 1 atom stereocenters. The Balaban J connectivity index is 2.90. The molecule has 18 heavy (non-hydrogen) atoms. The van der Waals surface area contributed by atoms with Crippen LogP contribution in [0.5, 0.6) is 0 Å². The van der Waals surface area contributed by atoms with Crippen molar-refractivity contribution in [3.05, 3.63) is 41.7 Å². The number of hydrogen-bond acceptors (Lipinski definition) is 3. The van der Waals surface area contributed by atoms with Gasteiger partial charge in [0.25, 0.3) is 0 Å². The second-order valence-electron chi connectivity index (χ2n) is 5.02. The van der Waals surface area contributed by atoms with Crippen LogP contribution in [-0.4, -0.2) is 4.21 Å². The molecular weight excluding hydrogens is 246 g/mol. The topological polar surface area (TPSA) is 50.1 Å². The fraction of sp³-hybridized carbons (Fsp3) is 0.357. The van der Waals surface area contributed by atoms with Gasteiger partial charge in [0.1, 0.15) is 5.76 Å². The Hall–Kier alpha value is -1.60. The van der Waals surface area contributed by atoms with E-state index >= 15 is 0 Å². The Morgan fingerprint density at radius 3 is 2.33 bits per heavy atom. The van der Waals surface area contributed by atoms with E-state index in [0.29, 0.717) is 10.7 Å². The van der Waals surface area contributed by atoms with Crippen LogP contribution < -0.4 is 0 Å². The van der Waals surface area contributed by atoms with Crippen LogP contribution in [0.2, 0.25) is 0 Å². The SMILES string of the molecule is Cc1ccc(S(=O)O/C(=C\C#N)C(C)(C)C)cc1. The van der Waals surface area contributed by atoms with Gasteiger partial charge in [0.2, 0.25) is 11.1 Å². The molecule has 1 rings (SSSR count). The lowest BCUT2D eigenvalue weighted by Crippen LogP contribution is -2.14. The maximum atomic E-state index is 12.0. The van der Waals surface area contributed by atoms with E-state index in [0.717, 1.165) is 5.56 Å². The highest BCUT2D eigenvalue weighted by Gasteiger charge is 2.22. The summed E-state index contributed by atoms with van der Waals surface area (Å²) < 4.78 is 17.4. The Labute approximate surface area is 111 Å². The van der Waals surface area contributed by atoms with E-state index in [1.54, 1.807) is 12.1 Å². The fourth-order valence-electron chi connectivity index (χ4n) is 1.20. The summed E-state index contributed by atoms with van der Waals surface area (Å²) in [6.45, 7) is 7.68. The molecule has 0 spiro atoms. The molecular formula is C14H17NO2S. The van der Waals surface area contributed by atoms with Crippen molar-refractivity contribution >= 4 is 11.1 Å². The van der Waals surface area contributed by atoms with E-state index in [2.05, 4.69) is 0 Å². The maximum absolute atomic E-state index is 12.0. The Kier molecular flexibility index (Phi) is 4.69. The van der Waals surface area contributed by atoms with Gasteiger partial charge in [-0.3, -0.25) is 0 Å². The van der Waals surface area contributed by atoms with Crippen molar-refractivity contribution in [1.29, 1.82) is 5.26 Å². The third-order valence-corrected chi connectivity index (χ3v) is 3.30. The van der Waals surface area contributed by atoms with Crippen LogP contribution in [0.25, 0.3) is 0 Å². The Morgan fingerprint density at radius 2 is 1.89 bits per heavy atom. The number of allylic oxidation sites excluding steroid dienone is 2. The van der Waals surface area contributed by atoms with E-state index in [1.807, 2.05) is 45.9 Å². The van der Waals surface area contributed by atoms with Gasteiger partial charge in [-0.2, -0.15) is 5.26 Å². The predicted octanol–water partition coefficient (Wildman–Crippen LogP) is 3.49. The predicted molar refractivity (Wildman–Crippen MR) is 71.8 cm³/mol. The zero-order valence-electron chi connectivity index (χ0n) is 11.1. The van der Waals surface area contributed by atoms with Crippen LogP contribution in [-0.2, 0) is 15.3 Å². The highest BCUT2D eigenvalue weighted by Crippen LogP contribution is 2.28. The second kappa shape index (κ2) is 5.83. The molecule has 0 aliphatic carbocycles. The number of aryl methyl sites for hydroxylation is 1. The minimum absolute atomic E-state index is 0.351. The number of benzene rings is 1. The van der Waals surface area contributed by atoms with Gasteiger partial charge in [0.15, 0.2) is 0 Å². The van der Waals surface area contributed by atoms with E-state index < -0.39 is 11.1 Å². The lowest BCUT2D eigenvalue weighted by atomic mass is 9.94. The van der Waals surface area contributed by atoms with Gasteiger partial charge in [-0.05, 0) is 19.1 Å². The molecule has 0 fully saturated rings. The van der Waals surface area contributed by atoms with Crippen molar-refractivity contribution in [2.45, 2.75) is 32.6 Å². The number of hydrogen-bond donors (Lipinski definition) is 0. The Morgan fingerprint density at radius 1 is 1.33 bits per heavy atom. The molecule has 0 saturated carbocycles. The average molecular weight is 263 g/mol. The standard InChI is InChI=1S/C14H17NO2S/c1-11-5-7-12(8-6-11)18(16)17-13(9-10-15)14(2,3)4/h5-9H,1-4H3/b13-9-. The molecule has 0 bridgehead atoms. The highest BCUT2D eigenvalue weighted by atomic mass is 32.2. The van der Waals surface area contributed by atoms with Crippen molar-refractivity contribution < 1.29 is 8.39 Å². The van der Waals surface area contributed by atoms with Crippen LogP contribution in [0.15, 0.2) is 41.0 Å². The first-order valence-electron chi connectivity index (χ1n) is 5.61. The summed E-state index contributed by atoms with van der Waals surface area (Å²) in [5, 5.41) is 8.71. The normalized spacial score (nSPS) is 13.8. The van der Waals surface area contributed by atoms with Crippen molar-refractivity contribution in [2.24, 2.45) is 5.41 Å². The smallest absolute Gasteiger partial charge is 0.240 e. The van der Waals surface area contributed by atoms with Crippen LogP contribution in [0.3, 0.4) is 0 Å². The molecule has 0 aliphatic rings. The molecule has 0 aromatic heterocycles. The third-order valence-electron chi connectivity index (χ3n) is 2.31. The lowest BCUT2D eigenvalue weighted by Gasteiger charge is -2.21. The average Bonchev–Trinajstić information content (AvgIpc) is 2.28. The van der Waals surface area contributed by atoms with E-state index in [9.17, 15) is 4.21 Å². The number of nitriles is 1. The van der Waals surface area contributed by atoms with Gasteiger partial charge in [-0.1, -0.05) is 38.5 Å². The maximum Gasteiger partial charge on any atom is 0.240 e. The molecule has 0 radical (unpaired) electrons. The first-order chi connectivity index (χ1) is 8.34. The van der Waals surface area contributed by atoms with E-state index in [1.165, 1.54) is 6.08 Å². The monoisotopic (exact) mass is 263 g/mol. The molecule has 0 N–H and O–H groups in total. The highest BCUT2D eigenvalue weighted by molar-refractivity contribution is 7.80. The molecule has 0 saturated heterocycles.